The largest absolute Gasteiger partial charge is 0.192 e. The van der Waals surface area contributed by atoms with Crippen molar-refractivity contribution in [3.8, 4) is 18.4 Å². The molecule has 0 saturated heterocycles. The molecule has 0 aliphatic heterocycles. The van der Waals surface area contributed by atoms with Crippen molar-refractivity contribution in [1.82, 2.24) is 0 Å². The third kappa shape index (κ3) is 1.89. The van der Waals surface area contributed by atoms with Gasteiger partial charge in [0.05, 0.1) is 17.0 Å². The van der Waals surface area contributed by atoms with Crippen molar-refractivity contribution in [2.45, 2.75) is 19.3 Å². The Morgan fingerprint density at radius 1 is 1.23 bits per heavy atom. The Morgan fingerprint density at radius 3 is 2.15 bits per heavy atom. The molecule has 0 heterocycles. The second-order valence-corrected chi connectivity index (χ2v) is 3.46. The molecule has 0 unspecified atom stereocenters. The maximum absolute atomic E-state index is 8.60. The number of rotatable bonds is 1. The van der Waals surface area contributed by atoms with Crippen molar-refractivity contribution in [1.29, 1.82) is 5.26 Å². The summed E-state index contributed by atoms with van der Waals surface area (Å²) in [5, 5.41) is 8.60. The predicted octanol–water partition coefficient (Wildman–Crippen LogP) is 2.47. The Bertz CT molecular complexity index is 371. The summed E-state index contributed by atoms with van der Waals surface area (Å²) in [6.07, 6.45) is 5.39. The lowest BCUT2D eigenvalue weighted by Gasteiger charge is -2.17. The number of nitriles is 1. The fourth-order valence-corrected chi connectivity index (χ4v) is 1.04. The van der Waals surface area contributed by atoms with Crippen LogP contribution < -0.4 is 0 Å². The van der Waals surface area contributed by atoms with Gasteiger partial charge in [0.2, 0.25) is 0 Å². The first-order chi connectivity index (χ1) is 6.10. The Hall–Kier alpha value is -1.73. The normalized spacial score (nSPS) is 10.2. The van der Waals surface area contributed by atoms with Gasteiger partial charge in [0, 0.05) is 0 Å². The first kappa shape index (κ1) is 9.36. The molecule has 64 valence electrons. The Morgan fingerprint density at radius 2 is 1.77 bits per heavy atom. The smallest absolute Gasteiger partial charge is 0.0991 e. The van der Waals surface area contributed by atoms with E-state index in [4.69, 9.17) is 11.7 Å². The maximum Gasteiger partial charge on any atom is 0.0991 e. The van der Waals surface area contributed by atoms with E-state index in [1.807, 2.05) is 26.0 Å². The molecule has 1 rings (SSSR count). The van der Waals surface area contributed by atoms with E-state index in [2.05, 4.69) is 12.0 Å². The highest BCUT2D eigenvalue weighted by Crippen LogP contribution is 2.21. The molecular weight excluding hydrogens is 158 g/mol. The van der Waals surface area contributed by atoms with Gasteiger partial charge in [-0.3, -0.25) is 0 Å². The fraction of sp³-hybridized carbons (Fsp3) is 0.250. The highest BCUT2D eigenvalue weighted by molar-refractivity contribution is 5.37. The molecule has 0 bridgehead atoms. The van der Waals surface area contributed by atoms with Crippen molar-refractivity contribution in [2.75, 3.05) is 0 Å². The summed E-state index contributed by atoms with van der Waals surface area (Å²) in [5.74, 6) is 2.71. The van der Waals surface area contributed by atoms with Crippen molar-refractivity contribution in [2.24, 2.45) is 0 Å². The van der Waals surface area contributed by atoms with Gasteiger partial charge in [-0.2, -0.15) is 5.26 Å². The summed E-state index contributed by atoms with van der Waals surface area (Å²) in [4.78, 5) is 0. The third-order valence-corrected chi connectivity index (χ3v) is 2.10. The molecule has 1 nitrogen and oxygen atoms in total. The molecule has 0 amide bonds. The van der Waals surface area contributed by atoms with Crippen LogP contribution in [0.5, 0.6) is 0 Å². The monoisotopic (exact) mass is 169 g/mol. The first-order valence-corrected chi connectivity index (χ1v) is 4.08. The van der Waals surface area contributed by atoms with E-state index in [1.54, 1.807) is 12.1 Å². The molecule has 0 aliphatic carbocycles. The fourth-order valence-electron chi connectivity index (χ4n) is 1.04. The van der Waals surface area contributed by atoms with Crippen LogP contribution in [-0.2, 0) is 5.41 Å². The minimum absolute atomic E-state index is 0.256. The molecule has 1 heteroatoms. The summed E-state index contributed by atoms with van der Waals surface area (Å²) in [6, 6.07) is 9.45. The highest BCUT2D eigenvalue weighted by Gasteiger charge is 2.16. The van der Waals surface area contributed by atoms with Crippen LogP contribution in [0.25, 0.3) is 0 Å². The van der Waals surface area contributed by atoms with Crippen LogP contribution >= 0.6 is 0 Å². The second kappa shape index (κ2) is 3.33. The quantitative estimate of drug-likeness (QED) is 0.592. The number of benzene rings is 1. The van der Waals surface area contributed by atoms with E-state index in [9.17, 15) is 0 Å². The number of terminal acetylenes is 1. The van der Waals surface area contributed by atoms with Crippen molar-refractivity contribution < 1.29 is 0 Å². The number of nitrogens with zero attached hydrogens (tertiary/aromatic N) is 1. The van der Waals surface area contributed by atoms with E-state index in [-0.39, 0.29) is 5.41 Å². The van der Waals surface area contributed by atoms with Gasteiger partial charge in [0.1, 0.15) is 0 Å². The van der Waals surface area contributed by atoms with Crippen molar-refractivity contribution in [3.63, 3.8) is 0 Å². The van der Waals surface area contributed by atoms with Crippen LogP contribution in [-0.4, -0.2) is 0 Å². The van der Waals surface area contributed by atoms with Gasteiger partial charge in [-0.05, 0) is 31.5 Å². The molecular formula is C12H11N. The Labute approximate surface area is 79.0 Å². The Kier molecular flexibility index (Phi) is 2.40. The average Bonchev–Trinajstić information content (AvgIpc) is 2.18. The zero-order chi connectivity index (χ0) is 9.90. The average molecular weight is 169 g/mol. The molecule has 1 aromatic rings. The van der Waals surface area contributed by atoms with Gasteiger partial charge >= 0.3 is 0 Å². The number of hydrogen-bond donors (Lipinski definition) is 0. The molecule has 0 radical (unpaired) electrons. The van der Waals surface area contributed by atoms with Crippen molar-refractivity contribution in [3.05, 3.63) is 35.4 Å². The van der Waals surface area contributed by atoms with Gasteiger partial charge in [0.15, 0.2) is 0 Å². The maximum atomic E-state index is 8.60. The van der Waals surface area contributed by atoms with E-state index < -0.39 is 0 Å². The van der Waals surface area contributed by atoms with Gasteiger partial charge in [-0.1, -0.05) is 18.1 Å². The minimum Gasteiger partial charge on any atom is -0.192 e. The molecule has 0 aliphatic rings. The molecule has 0 N–H and O–H groups in total. The van der Waals surface area contributed by atoms with E-state index in [0.717, 1.165) is 5.56 Å². The zero-order valence-corrected chi connectivity index (χ0v) is 7.83. The van der Waals surface area contributed by atoms with Gasteiger partial charge < -0.3 is 0 Å². The summed E-state index contributed by atoms with van der Waals surface area (Å²) >= 11 is 0. The molecule has 0 fully saturated rings. The molecule has 13 heavy (non-hydrogen) atoms. The first-order valence-electron chi connectivity index (χ1n) is 4.08. The molecule has 0 aromatic heterocycles. The van der Waals surface area contributed by atoms with Gasteiger partial charge in [-0.15, -0.1) is 6.42 Å². The van der Waals surface area contributed by atoms with Gasteiger partial charge in [-0.25, -0.2) is 0 Å². The van der Waals surface area contributed by atoms with E-state index in [0.29, 0.717) is 5.56 Å². The Balaban J connectivity index is 3.09. The summed E-state index contributed by atoms with van der Waals surface area (Å²) < 4.78 is 0. The highest BCUT2D eigenvalue weighted by atomic mass is 14.2. The zero-order valence-electron chi connectivity index (χ0n) is 7.83. The lowest BCUT2D eigenvalue weighted by atomic mass is 9.85. The number of hydrogen-bond acceptors (Lipinski definition) is 1. The summed E-state index contributed by atoms with van der Waals surface area (Å²) in [5.41, 5.74) is 1.47. The van der Waals surface area contributed by atoms with E-state index in [1.165, 1.54) is 0 Å². The molecule has 0 saturated carbocycles. The lowest BCUT2D eigenvalue weighted by molar-refractivity contribution is 0.699. The topological polar surface area (TPSA) is 23.8 Å². The van der Waals surface area contributed by atoms with Crippen molar-refractivity contribution >= 4 is 0 Å². The molecule has 0 spiro atoms. The minimum atomic E-state index is -0.256. The molecule has 0 atom stereocenters. The lowest BCUT2D eigenvalue weighted by Crippen LogP contribution is -2.13. The van der Waals surface area contributed by atoms with Gasteiger partial charge in [0.25, 0.3) is 0 Å². The summed E-state index contributed by atoms with van der Waals surface area (Å²) in [7, 11) is 0. The van der Waals surface area contributed by atoms with Crippen LogP contribution in [0.4, 0.5) is 0 Å². The predicted molar refractivity (Wildman–Crippen MR) is 53.0 cm³/mol. The summed E-state index contributed by atoms with van der Waals surface area (Å²) in [6.45, 7) is 3.96. The van der Waals surface area contributed by atoms with Crippen LogP contribution in [0.15, 0.2) is 24.3 Å². The van der Waals surface area contributed by atoms with Crippen LogP contribution in [0.3, 0.4) is 0 Å². The second-order valence-electron chi connectivity index (χ2n) is 3.46. The van der Waals surface area contributed by atoms with Crippen LogP contribution in [0.1, 0.15) is 25.0 Å². The van der Waals surface area contributed by atoms with E-state index >= 15 is 0 Å². The molecule has 1 aromatic carbocycles. The van der Waals surface area contributed by atoms with Crippen LogP contribution in [0.2, 0.25) is 0 Å². The van der Waals surface area contributed by atoms with Crippen LogP contribution in [0, 0.1) is 23.7 Å². The SMILES string of the molecule is C#CC(C)(C)c1ccc(C#N)cc1. The standard InChI is InChI=1S/C12H11N/c1-4-12(2,3)11-7-5-10(9-13)6-8-11/h1,5-8H,2-3H3. The third-order valence-electron chi connectivity index (χ3n) is 2.10.